The number of pyridine rings is 1. The minimum atomic E-state index is 0.434. The van der Waals surface area contributed by atoms with Gasteiger partial charge < -0.3 is 4.90 Å². The fourth-order valence-corrected chi connectivity index (χ4v) is 3.91. The first-order valence-electron chi connectivity index (χ1n) is 6.91. The number of hydrogen-bond acceptors (Lipinski definition) is 3. The van der Waals surface area contributed by atoms with Crippen LogP contribution in [0.3, 0.4) is 0 Å². The lowest BCUT2D eigenvalue weighted by atomic mass is 9.85. The fraction of sp³-hybridized carbons (Fsp3) is 0.235. The quantitative estimate of drug-likeness (QED) is 0.672. The maximum atomic E-state index is 4.61. The van der Waals surface area contributed by atoms with Gasteiger partial charge in [0.25, 0.3) is 0 Å². The van der Waals surface area contributed by atoms with Crippen LogP contribution < -0.4 is 0 Å². The van der Waals surface area contributed by atoms with E-state index in [0.717, 1.165) is 18.6 Å². The second kappa shape index (κ2) is 4.69. The Hall–Kier alpha value is -1.71. The van der Waals surface area contributed by atoms with Crippen molar-refractivity contribution in [2.75, 3.05) is 13.6 Å². The smallest absolute Gasteiger partial charge is 0.0809 e. The van der Waals surface area contributed by atoms with Gasteiger partial charge in [-0.1, -0.05) is 24.3 Å². The Morgan fingerprint density at radius 1 is 1.25 bits per heavy atom. The number of benzene rings is 1. The zero-order chi connectivity index (χ0) is 13.5. The minimum Gasteiger partial charge on any atom is -0.301 e. The van der Waals surface area contributed by atoms with Crippen molar-refractivity contribution in [3.8, 4) is 0 Å². The van der Waals surface area contributed by atoms with E-state index in [4.69, 9.17) is 0 Å². The summed E-state index contributed by atoms with van der Waals surface area (Å²) < 4.78 is 1.29. The van der Waals surface area contributed by atoms with Crippen molar-refractivity contribution in [1.29, 1.82) is 0 Å². The van der Waals surface area contributed by atoms with E-state index in [1.807, 2.05) is 0 Å². The first kappa shape index (κ1) is 12.1. The van der Waals surface area contributed by atoms with Crippen LogP contribution in [0.15, 0.2) is 48.0 Å². The van der Waals surface area contributed by atoms with Gasteiger partial charge in [0.15, 0.2) is 0 Å². The van der Waals surface area contributed by atoms with Crippen molar-refractivity contribution in [1.82, 2.24) is 9.88 Å². The molecule has 1 aliphatic heterocycles. The lowest BCUT2D eigenvalue weighted by molar-refractivity contribution is 0.295. The number of aromatic nitrogens is 1. The predicted molar refractivity (Wildman–Crippen MR) is 84.2 cm³/mol. The highest BCUT2D eigenvalue weighted by Gasteiger charge is 2.24. The minimum absolute atomic E-state index is 0.434. The third kappa shape index (κ3) is 1.94. The highest BCUT2D eigenvalue weighted by Crippen LogP contribution is 2.34. The van der Waals surface area contributed by atoms with Gasteiger partial charge in [0.2, 0.25) is 0 Å². The maximum absolute atomic E-state index is 4.61. The summed E-state index contributed by atoms with van der Waals surface area (Å²) in [4.78, 5) is 7.00. The molecule has 0 fully saturated rings. The largest absolute Gasteiger partial charge is 0.301 e. The SMILES string of the molecule is CN1Cc2ccccc2C(c2cnc3ccsc3c2)C1. The van der Waals surface area contributed by atoms with E-state index in [1.165, 1.54) is 21.4 Å². The predicted octanol–water partition coefficient (Wildman–Crippen LogP) is 3.87. The van der Waals surface area contributed by atoms with Crippen LogP contribution in [0, 0.1) is 0 Å². The van der Waals surface area contributed by atoms with E-state index in [1.54, 1.807) is 11.3 Å². The maximum Gasteiger partial charge on any atom is 0.0809 e. The Labute approximate surface area is 122 Å². The topological polar surface area (TPSA) is 16.1 Å². The van der Waals surface area contributed by atoms with E-state index in [0.29, 0.717) is 5.92 Å². The van der Waals surface area contributed by atoms with Crippen LogP contribution >= 0.6 is 11.3 Å². The zero-order valence-electron chi connectivity index (χ0n) is 11.4. The highest BCUT2D eigenvalue weighted by molar-refractivity contribution is 7.17. The summed E-state index contributed by atoms with van der Waals surface area (Å²) >= 11 is 1.77. The van der Waals surface area contributed by atoms with Gasteiger partial charge in [0.05, 0.1) is 10.2 Å². The van der Waals surface area contributed by atoms with E-state index in [9.17, 15) is 0 Å². The number of rotatable bonds is 1. The Kier molecular flexibility index (Phi) is 2.83. The molecule has 0 bridgehead atoms. The third-order valence-corrected chi connectivity index (χ3v) is 4.94. The number of likely N-dealkylation sites (N-methyl/N-ethyl adjacent to an activating group) is 1. The van der Waals surface area contributed by atoms with E-state index in [2.05, 4.69) is 64.9 Å². The molecule has 1 aliphatic rings. The fourth-order valence-electron chi connectivity index (χ4n) is 3.12. The lowest BCUT2D eigenvalue weighted by Gasteiger charge is -2.32. The summed E-state index contributed by atoms with van der Waals surface area (Å²) in [5.74, 6) is 0.434. The van der Waals surface area contributed by atoms with Gasteiger partial charge in [0, 0.05) is 25.2 Å². The van der Waals surface area contributed by atoms with E-state index >= 15 is 0 Å². The van der Waals surface area contributed by atoms with Crippen molar-refractivity contribution < 1.29 is 0 Å². The van der Waals surface area contributed by atoms with Crippen LogP contribution in [-0.4, -0.2) is 23.5 Å². The van der Waals surface area contributed by atoms with Crippen LogP contribution in [-0.2, 0) is 6.54 Å². The van der Waals surface area contributed by atoms with E-state index in [-0.39, 0.29) is 0 Å². The summed E-state index contributed by atoms with van der Waals surface area (Å²) in [5, 5.41) is 2.11. The molecule has 2 aromatic heterocycles. The second-order valence-electron chi connectivity index (χ2n) is 5.52. The molecule has 1 aromatic carbocycles. The van der Waals surface area contributed by atoms with Crippen molar-refractivity contribution in [2.24, 2.45) is 0 Å². The van der Waals surface area contributed by atoms with Gasteiger partial charge in [0.1, 0.15) is 0 Å². The molecule has 3 heterocycles. The number of fused-ring (bicyclic) bond motifs is 2. The van der Waals surface area contributed by atoms with Gasteiger partial charge in [-0.25, -0.2) is 0 Å². The molecule has 2 nitrogen and oxygen atoms in total. The van der Waals surface area contributed by atoms with Gasteiger partial charge in [-0.3, -0.25) is 4.98 Å². The summed E-state index contributed by atoms with van der Waals surface area (Å²) in [7, 11) is 2.19. The normalized spacial score (nSPS) is 19.1. The molecule has 0 N–H and O–H groups in total. The van der Waals surface area contributed by atoms with Crippen LogP contribution in [0.4, 0.5) is 0 Å². The van der Waals surface area contributed by atoms with Gasteiger partial charge in [-0.05, 0) is 41.3 Å². The molecule has 20 heavy (non-hydrogen) atoms. The Morgan fingerprint density at radius 2 is 2.15 bits per heavy atom. The second-order valence-corrected chi connectivity index (χ2v) is 6.47. The van der Waals surface area contributed by atoms with Gasteiger partial charge >= 0.3 is 0 Å². The van der Waals surface area contributed by atoms with E-state index < -0.39 is 0 Å². The standard InChI is InChI=1S/C17H16N2S/c1-19-10-12-4-2-3-5-14(12)15(11-19)13-8-17-16(18-9-13)6-7-20-17/h2-9,15H,10-11H2,1H3. The molecular formula is C17H16N2S. The number of thiophene rings is 1. The zero-order valence-corrected chi connectivity index (χ0v) is 12.2. The Bertz CT molecular complexity index is 762. The first-order valence-corrected chi connectivity index (χ1v) is 7.79. The third-order valence-electron chi connectivity index (χ3n) is 4.09. The Balaban J connectivity index is 1.84. The average molecular weight is 280 g/mol. The molecule has 4 rings (SSSR count). The summed E-state index contributed by atoms with van der Waals surface area (Å²) in [6.07, 6.45) is 2.05. The summed E-state index contributed by atoms with van der Waals surface area (Å²) in [6, 6.07) is 13.2. The molecule has 0 aliphatic carbocycles. The van der Waals surface area contributed by atoms with Crippen LogP contribution in [0.2, 0.25) is 0 Å². The number of hydrogen-bond donors (Lipinski definition) is 0. The molecule has 0 radical (unpaired) electrons. The van der Waals surface area contributed by atoms with Crippen LogP contribution in [0.1, 0.15) is 22.6 Å². The highest BCUT2D eigenvalue weighted by atomic mass is 32.1. The first-order chi connectivity index (χ1) is 9.81. The van der Waals surface area contributed by atoms with Crippen molar-refractivity contribution >= 4 is 21.6 Å². The van der Waals surface area contributed by atoms with Crippen molar-refractivity contribution in [3.63, 3.8) is 0 Å². The monoisotopic (exact) mass is 280 g/mol. The van der Waals surface area contributed by atoms with Crippen LogP contribution in [0.5, 0.6) is 0 Å². The van der Waals surface area contributed by atoms with Gasteiger partial charge in [-0.2, -0.15) is 0 Å². The molecule has 0 saturated heterocycles. The molecular weight excluding hydrogens is 264 g/mol. The van der Waals surface area contributed by atoms with Crippen molar-refractivity contribution in [2.45, 2.75) is 12.5 Å². The molecule has 1 unspecified atom stereocenters. The molecule has 100 valence electrons. The number of nitrogens with zero attached hydrogens (tertiary/aromatic N) is 2. The lowest BCUT2D eigenvalue weighted by Crippen LogP contribution is -2.30. The van der Waals surface area contributed by atoms with Crippen molar-refractivity contribution in [3.05, 3.63) is 64.7 Å². The molecule has 0 spiro atoms. The molecule has 3 heteroatoms. The molecule has 1 atom stereocenters. The van der Waals surface area contributed by atoms with Crippen LogP contribution in [0.25, 0.3) is 10.2 Å². The average Bonchev–Trinajstić information content (AvgIpc) is 2.93. The van der Waals surface area contributed by atoms with Gasteiger partial charge in [-0.15, -0.1) is 11.3 Å². The molecule has 3 aromatic rings. The summed E-state index contributed by atoms with van der Waals surface area (Å²) in [5.41, 5.74) is 5.34. The summed E-state index contributed by atoms with van der Waals surface area (Å²) in [6.45, 7) is 2.11. The molecule has 0 amide bonds. The Morgan fingerprint density at radius 3 is 3.10 bits per heavy atom. The molecule has 0 saturated carbocycles.